The lowest BCUT2D eigenvalue weighted by molar-refractivity contribution is 0.0753. The van der Waals surface area contributed by atoms with Crippen molar-refractivity contribution < 1.29 is 4.79 Å². The molecule has 20 heavy (non-hydrogen) atoms. The number of thiophene rings is 1. The number of rotatable bonds is 4. The molecule has 0 unspecified atom stereocenters. The standard InChI is InChI=1S/C14H12Br2ClNOS/c1-2-18(8-10-4-6-13(17)20-10)14(19)11-5-3-9(15)7-12(11)16/h3-7H,2,8H2,1H3. The van der Waals surface area contributed by atoms with E-state index in [9.17, 15) is 4.79 Å². The van der Waals surface area contributed by atoms with Crippen LogP contribution in [0.4, 0.5) is 0 Å². The van der Waals surface area contributed by atoms with Crippen LogP contribution in [0.2, 0.25) is 4.34 Å². The molecular formula is C14H12Br2ClNOS. The van der Waals surface area contributed by atoms with Gasteiger partial charge in [-0.15, -0.1) is 11.3 Å². The molecule has 1 amide bonds. The first kappa shape index (κ1) is 16.0. The molecule has 1 aromatic heterocycles. The zero-order valence-corrected chi connectivity index (χ0v) is 15.4. The van der Waals surface area contributed by atoms with Gasteiger partial charge in [-0.05, 0) is 53.2 Å². The summed E-state index contributed by atoms with van der Waals surface area (Å²) >= 11 is 14.3. The van der Waals surface area contributed by atoms with Gasteiger partial charge in [-0.1, -0.05) is 27.5 Å². The molecule has 1 heterocycles. The van der Waals surface area contributed by atoms with Crippen molar-refractivity contribution in [2.75, 3.05) is 6.54 Å². The first-order valence-corrected chi connectivity index (χ1v) is 8.78. The molecular weight excluding hydrogens is 425 g/mol. The molecule has 2 aromatic rings. The fourth-order valence-corrected chi connectivity index (χ4v) is 4.11. The maximum absolute atomic E-state index is 12.6. The zero-order valence-electron chi connectivity index (χ0n) is 10.7. The van der Waals surface area contributed by atoms with Crippen LogP contribution in [0.3, 0.4) is 0 Å². The van der Waals surface area contributed by atoms with Crippen LogP contribution in [-0.2, 0) is 6.54 Å². The van der Waals surface area contributed by atoms with Crippen LogP contribution in [0.25, 0.3) is 0 Å². The maximum Gasteiger partial charge on any atom is 0.255 e. The maximum atomic E-state index is 12.6. The fraction of sp³-hybridized carbons (Fsp3) is 0.214. The summed E-state index contributed by atoms with van der Waals surface area (Å²) in [6, 6.07) is 9.38. The second kappa shape index (κ2) is 7.07. The lowest BCUT2D eigenvalue weighted by atomic mass is 10.2. The van der Waals surface area contributed by atoms with Crippen LogP contribution in [0.5, 0.6) is 0 Å². The second-order valence-corrected chi connectivity index (χ2v) is 7.72. The summed E-state index contributed by atoms with van der Waals surface area (Å²) in [6.45, 7) is 3.20. The van der Waals surface area contributed by atoms with E-state index in [2.05, 4.69) is 31.9 Å². The van der Waals surface area contributed by atoms with E-state index in [-0.39, 0.29) is 5.91 Å². The minimum absolute atomic E-state index is 0.0106. The van der Waals surface area contributed by atoms with Gasteiger partial charge in [-0.2, -0.15) is 0 Å². The Kier molecular flexibility index (Phi) is 5.66. The van der Waals surface area contributed by atoms with Gasteiger partial charge in [-0.3, -0.25) is 4.79 Å². The van der Waals surface area contributed by atoms with Crippen LogP contribution in [0.1, 0.15) is 22.2 Å². The molecule has 2 nitrogen and oxygen atoms in total. The molecule has 0 radical (unpaired) electrons. The van der Waals surface area contributed by atoms with E-state index in [1.807, 2.05) is 37.3 Å². The van der Waals surface area contributed by atoms with Crippen molar-refractivity contribution in [1.82, 2.24) is 4.90 Å². The van der Waals surface area contributed by atoms with E-state index < -0.39 is 0 Å². The molecule has 0 aliphatic rings. The summed E-state index contributed by atoms with van der Waals surface area (Å²) in [5.74, 6) is 0.0106. The Morgan fingerprint density at radius 3 is 2.60 bits per heavy atom. The van der Waals surface area contributed by atoms with Crippen LogP contribution < -0.4 is 0 Å². The number of hydrogen-bond acceptors (Lipinski definition) is 2. The summed E-state index contributed by atoms with van der Waals surface area (Å²) in [7, 11) is 0. The largest absolute Gasteiger partial charge is 0.334 e. The van der Waals surface area contributed by atoms with Crippen molar-refractivity contribution in [2.45, 2.75) is 13.5 Å². The topological polar surface area (TPSA) is 20.3 Å². The first-order valence-electron chi connectivity index (χ1n) is 5.99. The Morgan fingerprint density at radius 1 is 1.30 bits per heavy atom. The average molecular weight is 438 g/mol. The smallest absolute Gasteiger partial charge is 0.255 e. The van der Waals surface area contributed by atoms with Gasteiger partial charge >= 0.3 is 0 Å². The van der Waals surface area contributed by atoms with Gasteiger partial charge < -0.3 is 4.90 Å². The van der Waals surface area contributed by atoms with E-state index in [4.69, 9.17) is 11.6 Å². The van der Waals surface area contributed by atoms with Crippen molar-refractivity contribution >= 4 is 60.7 Å². The normalized spacial score (nSPS) is 10.6. The number of carbonyl (C=O) groups excluding carboxylic acids is 1. The molecule has 0 spiro atoms. The highest BCUT2D eigenvalue weighted by Crippen LogP contribution is 2.26. The number of hydrogen-bond donors (Lipinski definition) is 0. The van der Waals surface area contributed by atoms with Gasteiger partial charge in [0.05, 0.1) is 16.4 Å². The first-order chi connectivity index (χ1) is 9.51. The quantitative estimate of drug-likeness (QED) is 0.611. The van der Waals surface area contributed by atoms with Crippen LogP contribution in [0.15, 0.2) is 39.3 Å². The summed E-state index contributed by atoms with van der Waals surface area (Å²) in [4.78, 5) is 15.5. The van der Waals surface area contributed by atoms with Crippen LogP contribution in [-0.4, -0.2) is 17.4 Å². The van der Waals surface area contributed by atoms with E-state index in [1.54, 1.807) is 4.90 Å². The van der Waals surface area contributed by atoms with Crippen LogP contribution in [0, 0.1) is 0 Å². The van der Waals surface area contributed by atoms with Gasteiger partial charge in [0.1, 0.15) is 0 Å². The summed E-state index contributed by atoms with van der Waals surface area (Å²) in [5.41, 5.74) is 0.665. The zero-order chi connectivity index (χ0) is 14.7. The van der Waals surface area contributed by atoms with Gasteiger partial charge in [0.2, 0.25) is 0 Å². The van der Waals surface area contributed by atoms with Crippen molar-refractivity contribution in [3.63, 3.8) is 0 Å². The van der Waals surface area contributed by atoms with Crippen molar-refractivity contribution in [2.24, 2.45) is 0 Å². The second-order valence-electron chi connectivity index (χ2n) is 4.15. The van der Waals surface area contributed by atoms with Crippen molar-refractivity contribution in [1.29, 1.82) is 0 Å². The van der Waals surface area contributed by atoms with E-state index >= 15 is 0 Å². The lowest BCUT2D eigenvalue weighted by Crippen LogP contribution is -2.30. The van der Waals surface area contributed by atoms with E-state index in [1.165, 1.54) is 11.3 Å². The number of nitrogens with zero attached hydrogens (tertiary/aromatic N) is 1. The van der Waals surface area contributed by atoms with Gasteiger partial charge in [0.15, 0.2) is 0 Å². The summed E-state index contributed by atoms with van der Waals surface area (Å²) < 4.78 is 2.47. The molecule has 0 fully saturated rings. The SMILES string of the molecule is CCN(Cc1ccc(Cl)s1)C(=O)c1ccc(Br)cc1Br. The molecule has 6 heteroatoms. The monoisotopic (exact) mass is 435 g/mol. The highest BCUT2D eigenvalue weighted by atomic mass is 79.9. The molecule has 106 valence electrons. The predicted molar refractivity (Wildman–Crippen MR) is 91.6 cm³/mol. The van der Waals surface area contributed by atoms with Crippen LogP contribution >= 0.6 is 54.8 Å². The average Bonchev–Trinajstić information content (AvgIpc) is 2.81. The van der Waals surface area contributed by atoms with Gasteiger partial charge in [0.25, 0.3) is 5.91 Å². The molecule has 0 saturated carbocycles. The molecule has 2 rings (SSSR count). The number of benzene rings is 1. The molecule has 0 saturated heterocycles. The van der Waals surface area contributed by atoms with Gasteiger partial charge in [0, 0.05) is 20.4 Å². The Morgan fingerprint density at radius 2 is 2.05 bits per heavy atom. The minimum atomic E-state index is 0.0106. The lowest BCUT2D eigenvalue weighted by Gasteiger charge is -2.21. The fourth-order valence-electron chi connectivity index (χ4n) is 1.79. The number of amides is 1. The minimum Gasteiger partial charge on any atom is -0.334 e. The van der Waals surface area contributed by atoms with Gasteiger partial charge in [-0.25, -0.2) is 0 Å². The highest BCUT2D eigenvalue weighted by molar-refractivity contribution is 9.11. The molecule has 0 atom stereocenters. The Labute approximate surface area is 144 Å². The molecule has 0 aliphatic carbocycles. The molecule has 0 N–H and O–H groups in total. The highest BCUT2D eigenvalue weighted by Gasteiger charge is 2.18. The number of halogens is 3. The van der Waals surface area contributed by atoms with Crippen molar-refractivity contribution in [3.8, 4) is 0 Å². The summed E-state index contributed by atoms with van der Waals surface area (Å²) in [6.07, 6.45) is 0. The third-order valence-corrected chi connectivity index (χ3v) is 5.17. The Bertz CT molecular complexity index is 629. The Hall–Kier alpha value is -0.360. The predicted octanol–water partition coefficient (Wildman–Crippen LogP) is 5.59. The molecule has 0 aliphatic heterocycles. The third-order valence-electron chi connectivity index (χ3n) is 2.81. The van der Waals surface area contributed by atoms with Crippen molar-refractivity contribution in [3.05, 3.63) is 54.1 Å². The van der Waals surface area contributed by atoms with E-state index in [0.29, 0.717) is 18.7 Å². The Balaban J connectivity index is 2.20. The van der Waals surface area contributed by atoms with E-state index in [0.717, 1.165) is 18.2 Å². The number of carbonyl (C=O) groups is 1. The third kappa shape index (κ3) is 3.85. The summed E-state index contributed by atoms with van der Waals surface area (Å²) in [5, 5.41) is 0. The molecule has 1 aromatic carbocycles. The molecule has 0 bridgehead atoms.